The van der Waals surface area contributed by atoms with E-state index in [1.54, 1.807) is 6.07 Å². The number of aliphatic carboxylic acids is 1. The Bertz CT molecular complexity index is 1260. The van der Waals surface area contributed by atoms with Gasteiger partial charge in [0.25, 0.3) is 6.02 Å². The lowest BCUT2D eigenvalue weighted by Gasteiger charge is -2.47. The number of ether oxygens (including phenoxy) is 2. The largest absolute Gasteiger partial charge is 0.490 e. The highest BCUT2D eigenvalue weighted by atomic mass is 19.4. The van der Waals surface area contributed by atoms with E-state index >= 15 is 0 Å². The standard InChI is InChI=1S/C22H20FN3O3.C2HF3O2/c23-15-6-12(10-24)5-14(7-15)13-1-3-19-17(8-13)22(11-28-21(25)26-22)18-9-16(27)2-4-20(18)29-19;3-2(4,5)1(6)7/h1,3,5-8,16,18,20,27H,2,4,9,11H2,(H2,25,26);(H,6,7)/t16-,18-,20-,22?;/m0./s1. The molecule has 1 saturated carbocycles. The van der Waals surface area contributed by atoms with Gasteiger partial charge in [-0.2, -0.15) is 18.4 Å². The average molecular weight is 507 g/mol. The molecule has 1 aliphatic carbocycles. The Labute approximate surface area is 202 Å². The summed E-state index contributed by atoms with van der Waals surface area (Å²) in [4.78, 5) is 13.6. The van der Waals surface area contributed by atoms with Crippen LogP contribution in [0.15, 0.2) is 41.4 Å². The van der Waals surface area contributed by atoms with Gasteiger partial charge in [0.15, 0.2) is 0 Å². The second-order valence-electron chi connectivity index (χ2n) is 8.75. The third-order valence-corrected chi connectivity index (χ3v) is 6.45. The van der Waals surface area contributed by atoms with Crippen molar-refractivity contribution in [3.8, 4) is 22.9 Å². The summed E-state index contributed by atoms with van der Waals surface area (Å²) in [5.41, 5.74) is 7.57. The van der Waals surface area contributed by atoms with Crippen molar-refractivity contribution in [2.75, 3.05) is 6.61 Å². The van der Waals surface area contributed by atoms with Gasteiger partial charge < -0.3 is 25.4 Å². The molecule has 1 unspecified atom stereocenters. The molecule has 36 heavy (non-hydrogen) atoms. The Morgan fingerprint density at radius 1 is 1.19 bits per heavy atom. The molecule has 5 rings (SSSR count). The highest BCUT2D eigenvalue weighted by Crippen LogP contribution is 2.53. The molecule has 0 bridgehead atoms. The molecule has 12 heteroatoms. The Morgan fingerprint density at radius 2 is 1.92 bits per heavy atom. The van der Waals surface area contributed by atoms with Gasteiger partial charge >= 0.3 is 12.1 Å². The fraction of sp³-hybridized carbons (Fsp3) is 0.375. The third kappa shape index (κ3) is 4.79. The Kier molecular flexibility index (Phi) is 6.53. The first-order valence-corrected chi connectivity index (χ1v) is 10.9. The minimum Gasteiger partial charge on any atom is -0.490 e. The van der Waals surface area contributed by atoms with Crippen LogP contribution in [0, 0.1) is 23.1 Å². The zero-order chi connectivity index (χ0) is 26.3. The van der Waals surface area contributed by atoms with Gasteiger partial charge in [-0.1, -0.05) is 6.07 Å². The molecule has 0 amide bonds. The highest BCUT2D eigenvalue weighted by molar-refractivity contribution is 5.76. The molecular formula is C24H21F4N3O5. The number of nitriles is 1. The summed E-state index contributed by atoms with van der Waals surface area (Å²) < 4.78 is 57.6. The van der Waals surface area contributed by atoms with E-state index in [0.29, 0.717) is 24.2 Å². The SMILES string of the molecule is N#Cc1cc(F)cc(-c2ccc3c(c2)C2(COC(N)=N2)[C@H]2C[C@@H](O)CC[C@@H]2O3)c1.O=C(O)C(F)(F)F. The van der Waals surface area contributed by atoms with E-state index < -0.39 is 29.6 Å². The zero-order valence-corrected chi connectivity index (χ0v) is 18.6. The molecular weight excluding hydrogens is 486 g/mol. The molecule has 1 spiro atoms. The summed E-state index contributed by atoms with van der Waals surface area (Å²) in [6.07, 6.45) is -3.60. The molecule has 4 N–H and O–H groups in total. The normalized spacial score (nSPS) is 26.2. The molecule has 0 aromatic heterocycles. The number of amidine groups is 1. The maximum absolute atomic E-state index is 14.0. The summed E-state index contributed by atoms with van der Waals surface area (Å²) >= 11 is 0. The number of hydrogen-bond donors (Lipinski definition) is 3. The van der Waals surface area contributed by atoms with Gasteiger partial charge in [0.1, 0.15) is 29.8 Å². The molecule has 1 fully saturated rings. The molecule has 0 saturated heterocycles. The maximum atomic E-state index is 14.0. The number of nitrogens with two attached hydrogens (primary N) is 1. The lowest BCUT2D eigenvalue weighted by molar-refractivity contribution is -0.192. The van der Waals surface area contributed by atoms with Crippen LogP contribution in [0.5, 0.6) is 5.75 Å². The molecule has 2 aromatic rings. The number of benzene rings is 2. The monoisotopic (exact) mass is 507 g/mol. The Morgan fingerprint density at radius 3 is 2.53 bits per heavy atom. The maximum Gasteiger partial charge on any atom is 0.490 e. The first kappa shape index (κ1) is 25.2. The molecule has 3 aliphatic rings. The number of hydrogen-bond acceptors (Lipinski definition) is 7. The van der Waals surface area contributed by atoms with Crippen LogP contribution in [0.2, 0.25) is 0 Å². The summed E-state index contributed by atoms with van der Waals surface area (Å²) in [6, 6.07) is 12.0. The van der Waals surface area contributed by atoms with Crippen molar-refractivity contribution >= 4 is 12.0 Å². The molecule has 2 aliphatic heterocycles. The van der Waals surface area contributed by atoms with E-state index in [0.717, 1.165) is 17.5 Å². The van der Waals surface area contributed by atoms with Crippen molar-refractivity contribution in [1.29, 1.82) is 5.26 Å². The van der Waals surface area contributed by atoms with Crippen LogP contribution >= 0.6 is 0 Å². The summed E-state index contributed by atoms with van der Waals surface area (Å²) in [6.45, 7) is 0.277. The summed E-state index contributed by atoms with van der Waals surface area (Å²) in [5, 5.41) is 26.6. The van der Waals surface area contributed by atoms with Gasteiger partial charge in [-0.25, -0.2) is 14.2 Å². The quantitative estimate of drug-likeness (QED) is 0.503. The fourth-order valence-corrected chi connectivity index (χ4v) is 4.87. The second kappa shape index (κ2) is 9.31. The molecule has 2 aromatic carbocycles. The predicted octanol–water partition coefficient (Wildman–Crippen LogP) is 3.46. The smallest absolute Gasteiger partial charge is 0.490 e. The van der Waals surface area contributed by atoms with E-state index in [9.17, 15) is 22.7 Å². The summed E-state index contributed by atoms with van der Waals surface area (Å²) in [7, 11) is 0. The van der Waals surface area contributed by atoms with Crippen LogP contribution in [-0.4, -0.2) is 47.2 Å². The molecule has 2 heterocycles. The Balaban J connectivity index is 0.000000384. The summed E-state index contributed by atoms with van der Waals surface area (Å²) in [5.74, 6) is -2.60. The topological polar surface area (TPSA) is 138 Å². The van der Waals surface area contributed by atoms with Gasteiger partial charge in [-0.05, 0) is 60.7 Å². The minimum absolute atomic E-state index is 0.0720. The first-order chi connectivity index (χ1) is 16.9. The second-order valence-corrected chi connectivity index (χ2v) is 8.75. The number of fused-ring (bicyclic) bond motifs is 4. The van der Waals surface area contributed by atoms with E-state index in [4.69, 9.17) is 30.4 Å². The lowest BCUT2D eigenvalue weighted by atomic mass is 9.67. The molecule has 190 valence electrons. The lowest BCUT2D eigenvalue weighted by Crippen LogP contribution is -2.51. The van der Waals surface area contributed by atoms with E-state index in [1.165, 1.54) is 12.1 Å². The van der Waals surface area contributed by atoms with Crippen molar-refractivity contribution in [1.82, 2.24) is 0 Å². The molecule has 8 nitrogen and oxygen atoms in total. The number of alkyl halides is 3. The fourth-order valence-electron chi connectivity index (χ4n) is 4.87. The number of carbonyl (C=O) groups is 1. The highest BCUT2D eigenvalue weighted by Gasteiger charge is 2.55. The van der Waals surface area contributed by atoms with E-state index in [-0.39, 0.29) is 30.2 Å². The average Bonchev–Trinajstić information content (AvgIpc) is 3.21. The van der Waals surface area contributed by atoms with Crippen LogP contribution < -0.4 is 10.5 Å². The van der Waals surface area contributed by atoms with Gasteiger partial charge in [0.05, 0.1) is 17.7 Å². The Hall–Kier alpha value is -3.85. The molecule has 4 atom stereocenters. The van der Waals surface area contributed by atoms with Crippen LogP contribution in [0.4, 0.5) is 17.6 Å². The van der Waals surface area contributed by atoms with Gasteiger partial charge in [-0.3, -0.25) is 0 Å². The van der Waals surface area contributed by atoms with Crippen LogP contribution in [-0.2, 0) is 15.1 Å². The van der Waals surface area contributed by atoms with Crippen LogP contribution in [0.1, 0.15) is 30.4 Å². The predicted molar refractivity (Wildman–Crippen MR) is 117 cm³/mol. The van der Waals surface area contributed by atoms with Gasteiger partial charge in [-0.15, -0.1) is 0 Å². The number of nitrogens with zero attached hydrogens (tertiary/aromatic N) is 2. The number of halogens is 4. The number of aliphatic hydroxyl groups excluding tert-OH is 1. The van der Waals surface area contributed by atoms with Crippen molar-refractivity contribution in [2.45, 2.75) is 43.2 Å². The van der Waals surface area contributed by atoms with E-state index in [2.05, 4.69) is 4.99 Å². The number of carboxylic acid groups (broad SMARTS) is 1. The zero-order valence-electron chi connectivity index (χ0n) is 18.6. The van der Waals surface area contributed by atoms with Crippen molar-refractivity contribution in [3.05, 3.63) is 53.3 Å². The number of carboxylic acids is 1. The first-order valence-electron chi connectivity index (χ1n) is 10.9. The van der Waals surface area contributed by atoms with E-state index in [1.807, 2.05) is 24.3 Å². The van der Waals surface area contributed by atoms with Crippen molar-refractivity contribution < 1.29 is 42.0 Å². The molecule has 0 radical (unpaired) electrons. The minimum atomic E-state index is -5.08. The number of rotatable bonds is 1. The van der Waals surface area contributed by atoms with Crippen molar-refractivity contribution in [3.63, 3.8) is 0 Å². The third-order valence-electron chi connectivity index (χ3n) is 6.45. The van der Waals surface area contributed by atoms with Crippen molar-refractivity contribution in [2.24, 2.45) is 16.6 Å². The van der Waals surface area contributed by atoms with Gasteiger partial charge in [0.2, 0.25) is 0 Å². The van der Waals surface area contributed by atoms with Crippen LogP contribution in [0.25, 0.3) is 11.1 Å². The van der Waals surface area contributed by atoms with Gasteiger partial charge in [0, 0.05) is 11.5 Å². The number of aliphatic hydroxyl groups is 1. The number of aliphatic imine (C=N–C) groups is 1. The van der Waals surface area contributed by atoms with Crippen LogP contribution in [0.3, 0.4) is 0 Å².